The molecule has 0 aliphatic rings. The Hall–Kier alpha value is -0.850. The maximum absolute atomic E-state index is 12.9. The number of hydrogen-bond acceptors (Lipinski definition) is 2. The quantitative estimate of drug-likeness (QED) is 0.814. The maximum atomic E-state index is 12.9. The van der Waals surface area contributed by atoms with E-state index in [2.05, 4.69) is 0 Å². The fourth-order valence-corrected chi connectivity index (χ4v) is 1.33. The van der Waals surface area contributed by atoms with Gasteiger partial charge in [0, 0.05) is 0 Å². The van der Waals surface area contributed by atoms with Crippen LogP contribution < -0.4 is 5.73 Å². The molecule has 1 aromatic rings. The summed E-state index contributed by atoms with van der Waals surface area (Å²) in [5, 5.41) is 9.14. The summed E-state index contributed by atoms with van der Waals surface area (Å²) >= 11 is 0. The zero-order valence-electron chi connectivity index (χ0n) is 8.83. The summed E-state index contributed by atoms with van der Waals surface area (Å²) in [6.07, 6.45) is -5.81. The minimum Gasteiger partial charge on any atom is -0.391 e. The molecule has 0 aliphatic heterocycles. The molecule has 1 rings (SSSR count). The van der Waals surface area contributed by atoms with E-state index in [9.17, 15) is 17.6 Å². The van der Waals surface area contributed by atoms with Gasteiger partial charge in [-0.2, -0.15) is 13.2 Å². The van der Waals surface area contributed by atoms with Crippen LogP contribution in [0.25, 0.3) is 0 Å². The predicted molar refractivity (Wildman–Crippen MR) is 57.3 cm³/mol. The van der Waals surface area contributed by atoms with E-state index in [1.165, 1.54) is 6.92 Å². The van der Waals surface area contributed by atoms with Crippen LogP contribution in [0, 0.1) is 5.82 Å². The molecule has 0 aliphatic carbocycles. The molecule has 2 atom stereocenters. The molecule has 0 saturated carbocycles. The molecule has 0 heterocycles. The summed E-state index contributed by atoms with van der Waals surface area (Å²) in [4.78, 5) is 0. The van der Waals surface area contributed by atoms with Crippen LogP contribution in [-0.4, -0.2) is 11.2 Å². The molecule has 0 amide bonds. The molecule has 7 heteroatoms. The van der Waals surface area contributed by atoms with E-state index in [0.29, 0.717) is 18.2 Å². The molecule has 0 fully saturated rings. The predicted octanol–water partition coefficient (Wildman–Crippen LogP) is 2.65. The fourth-order valence-electron chi connectivity index (χ4n) is 1.33. The highest BCUT2D eigenvalue weighted by molar-refractivity contribution is 5.85. The first-order valence-corrected chi connectivity index (χ1v) is 4.53. The van der Waals surface area contributed by atoms with Gasteiger partial charge >= 0.3 is 6.18 Å². The average Bonchev–Trinajstić information content (AvgIpc) is 2.14. The monoisotopic (exact) mass is 273 g/mol. The molecular weight excluding hydrogens is 262 g/mol. The van der Waals surface area contributed by atoms with Gasteiger partial charge in [-0.15, -0.1) is 12.4 Å². The molecular formula is C10H12ClF4NO. The van der Waals surface area contributed by atoms with Crippen molar-refractivity contribution in [1.82, 2.24) is 0 Å². The SMILES string of the molecule is C[C@@H](O)[C@@H](N)c1cc(F)ccc1C(F)(F)F.Cl. The molecule has 0 unspecified atom stereocenters. The van der Waals surface area contributed by atoms with E-state index in [1.54, 1.807) is 0 Å². The highest BCUT2D eigenvalue weighted by Crippen LogP contribution is 2.35. The van der Waals surface area contributed by atoms with Crippen LogP contribution in [-0.2, 0) is 6.18 Å². The van der Waals surface area contributed by atoms with Crippen molar-refractivity contribution in [3.05, 3.63) is 35.1 Å². The lowest BCUT2D eigenvalue weighted by atomic mass is 9.97. The second-order valence-electron chi connectivity index (χ2n) is 3.50. The van der Waals surface area contributed by atoms with Crippen molar-refractivity contribution in [2.24, 2.45) is 5.73 Å². The summed E-state index contributed by atoms with van der Waals surface area (Å²) in [6, 6.07) is 0.751. The second kappa shape index (κ2) is 5.66. The van der Waals surface area contributed by atoms with Crippen molar-refractivity contribution in [2.75, 3.05) is 0 Å². The Labute approximate surface area is 102 Å². The molecule has 0 bridgehead atoms. The van der Waals surface area contributed by atoms with Gasteiger partial charge in [-0.05, 0) is 30.7 Å². The van der Waals surface area contributed by atoms with E-state index in [4.69, 9.17) is 10.8 Å². The first-order chi connectivity index (χ1) is 7.23. The van der Waals surface area contributed by atoms with Crippen LogP contribution in [0.1, 0.15) is 24.1 Å². The Morgan fingerprint density at radius 3 is 2.24 bits per heavy atom. The van der Waals surface area contributed by atoms with Gasteiger partial charge in [0.1, 0.15) is 5.82 Å². The van der Waals surface area contributed by atoms with E-state index in [-0.39, 0.29) is 12.4 Å². The van der Waals surface area contributed by atoms with E-state index in [0.717, 1.165) is 0 Å². The molecule has 98 valence electrons. The number of benzene rings is 1. The Morgan fingerprint density at radius 1 is 1.29 bits per heavy atom. The molecule has 1 aromatic carbocycles. The molecule has 2 nitrogen and oxygen atoms in total. The van der Waals surface area contributed by atoms with Crippen LogP contribution in [0.3, 0.4) is 0 Å². The number of hydrogen-bond donors (Lipinski definition) is 2. The Balaban J connectivity index is 0.00000256. The Kier molecular flexibility index (Phi) is 5.38. The molecule has 0 spiro atoms. The van der Waals surface area contributed by atoms with E-state index >= 15 is 0 Å². The van der Waals surface area contributed by atoms with Gasteiger partial charge in [0.2, 0.25) is 0 Å². The third kappa shape index (κ3) is 3.83. The minimum atomic E-state index is -4.62. The average molecular weight is 274 g/mol. The normalized spacial score (nSPS) is 15.0. The molecule has 17 heavy (non-hydrogen) atoms. The van der Waals surface area contributed by atoms with Crippen molar-refractivity contribution in [2.45, 2.75) is 25.2 Å². The second-order valence-corrected chi connectivity index (χ2v) is 3.50. The van der Waals surface area contributed by atoms with Crippen LogP contribution >= 0.6 is 12.4 Å². The van der Waals surface area contributed by atoms with Gasteiger partial charge in [-0.3, -0.25) is 0 Å². The first kappa shape index (κ1) is 16.1. The number of nitrogens with two attached hydrogens (primary N) is 1. The fraction of sp³-hybridized carbons (Fsp3) is 0.400. The number of aliphatic hydroxyl groups is 1. The topological polar surface area (TPSA) is 46.2 Å². The van der Waals surface area contributed by atoms with Gasteiger partial charge in [-0.25, -0.2) is 4.39 Å². The zero-order chi connectivity index (χ0) is 12.5. The molecule has 0 saturated heterocycles. The third-order valence-electron chi connectivity index (χ3n) is 2.20. The lowest BCUT2D eigenvalue weighted by Crippen LogP contribution is -2.26. The minimum absolute atomic E-state index is 0. The standard InChI is InChI=1S/C10H11F4NO.ClH/c1-5(16)9(15)7-4-6(11)2-3-8(7)10(12,13)14;/h2-5,9,16H,15H2,1H3;1H/t5-,9-;/m1./s1. The largest absolute Gasteiger partial charge is 0.416 e. The number of halogens is 5. The van der Waals surface area contributed by atoms with Crippen molar-refractivity contribution in [3.8, 4) is 0 Å². The number of aliphatic hydroxyl groups excluding tert-OH is 1. The maximum Gasteiger partial charge on any atom is 0.416 e. The lowest BCUT2D eigenvalue weighted by molar-refractivity contribution is -0.138. The highest BCUT2D eigenvalue weighted by atomic mass is 35.5. The summed E-state index contributed by atoms with van der Waals surface area (Å²) in [5.41, 5.74) is 3.92. The van der Waals surface area contributed by atoms with Crippen molar-refractivity contribution >= 4 is 12.4 Å². The smallest absolute Gasteiger partial charge is 0.391 e. The van der Waals surface area contributed by atoms with Crippen LogP contribution in [0.15, 0.2) is 18.2 Å². The van der Waals surface area contributed by atoms with E-state index in [1.807, 2.05) is 0 Å². The first-order valence-electron chi connectivity index (χ1n) is 4.53. The summed E-state index contributed by atoms with van der Waals surface area (Å²) < 4.78 is 50.5. The van der Waals surface area contributed by atoms with Crippen LogP contribution in [0.5, 0.6) is 0 Å². The Morgan fingerprint density at radius 2 is 1.82 bits per heavy atom. The zero-order valence-corrected chi connectivity index (χ0v) is 9.65. The van der Waals surface area contributed by atoms with Gasteiger partial charge in [0.15, 0.2) is 0 Å². The van der Waals surface area contributed by atoms with Crippen molar-refractivity contribution in [3.63, 3.8) is 0 Å². The summed E-state index contributed by atoms with van der Waals surface area (Å²) in [5.74, 6) is -0.820. The lowest BCUT2D eigenvalue weighted by Gasteiger charge is -2.20. The molecule has 3 N–H and O–H groups in total. The molecule has 0 aromatic heterocycles. The van der Waals surface area contributed by atoms with Crippen LogP contribution in [0.4, 0.5) is 17.6 Å². The third-order valence-corrected chi connectivity index (χ3v) is 2.20. The number of rotatable bonds is 2. The van der Waals surface area contributed by atoms with E-state index < -0.39 is 35.3 Å². The van der Waals surface area contributed by atoms with Crippen LogP contribution in [0.2, 0.25) is 0 Å². The molecule has 0 radical (unpaired) electrons. The van der Waals surface area contributed by atoms with Gasteiger partial charge in [-0.1, -0.05) is 0 Å². The Bertz CT molecular complexity index is 381. The van der Waals surface area contributed by atoms with Gasteiger partial charge in [0.25, 0.3) is 0 Å². The summed E-state index contributed by atoms with van der Waals surface area (Å²) in [6.45, 7) is 1.25. The van der Waals surface area contributed by atoms with Gasteiger partial charge in [0.05, 0.1) is 17.7 Å². The van der Waals surface area contributed by atoms with Crippen molar-refractivity contribution < 1.29 is 22.7 Å². The highest BCUT2D eigenvalue weighted by Gasteiger charge is 2.35. The van der Waals surface area contributed by atoms with Gasteiger partial charge < -0.3 is 10.8 Å². The van der Waals surface area contributed by atoms with Crippen molar-refractivity contribution in [1.29, 1.82) is 0 Å². The summed E-state index contributed by atoms with van der Waals surface area (Å²) in [7, 11) is 0. The number of alkyl halides is 3.